The fourth-order valence-electron chi connectivity index (χ4n) is 7.45. The molecule has 3 saturated heterocycles. The molecule has 0 aromatic heterocycles. The lowest BCUT2D eigenvalue weighted by Gasteiger charge is -2.42. The van der Waals surface area contributed by atoms with E-state index in [0.717, 1.165) is 48.3 Å². The maximum Gasteiger partial charge on any atom is 0.254 e. The number of rotatable bonds is 8. The lowest BCUT2D eigenvalue weighted by Crippen LogP contribution is -2.55. The number of halogens is 2. The van der Waals surface area contributed by atoms with E-state index < -0.39 is 0 Å². The number of aryl methyl sites for hydroxylation is 2. The Balaban J connectivity index is 1.08. The first kappa shape index (κ1) is 32.5. The van der Waals surface area contributed by atoms with Gasteiger partial charge in [-0.15, -0.1) is 0 Å². The molecule has 3 fully saturated rings. The Bertz CT molecular complexity index is 1610. The minimum Gasteiger partial charge on any atom is -0.334 e. The van der Waals surface area contributed by atoms with Crippen LogP contribution in [0.2, 0.25) is 10.0 Å². The van der Waals surface area contributed by atoms with E-state index in [-0.39, 0.29) is 36.3 Å². The van der Waals surface area contributed by atoms with Crippen molar-refractivity contribution in [1.82, 2.24) is 20.0 Å². The average Bonchev–Trinajstić information content (AvgIpc) is 3.61. The van der Waals surface area contributed by atoms with Crippen LogP contribution in [0.4, 0.5) is 5.69 Å². The molecule has 5 atom stereocenters. The van der Waals surface area contributed by atoms with E-state index in [2.05, 4.69) is 33.7 Å². The minimum absolute atomic E-state index is 0.0168. The highest BCUT2D eigenvalue weighted by molar-refractivity contribution is 6.42. The van der Waals surface area contributed by atoms with E-state index in [1.807, 2.05) is 60.0 Å². The van der Waals surface area contributed by atoms with Gasteiger partial charge in [0.25, 0.3) is 5.91 Å². The van der Waals surface area contributed by atoms with Crippen molar-refractivity contribution < 1.29 is 14.4 Å². The molecular formula is C36H41Cl2N5O3. The fraction of sp³-hybridized carbons (Fsp3) is 0.417. The van der Waals surface area contributed by atoms with Crippen molar-refractivity contribution >= 4 is 46.6 Å². The Morgan fingerprint density at radius 3 is 2.26 bits per heavy atom. The first-order valence-corrected chi connectivity index (χ1v) is 16.8. The summed E-state index contributed by atoms with van der Waals surface area (Å²) in [6.07, 6.45) is 2.06. The largest absolute Gasteiger partial charge is 0.334 e. The molecule has 0 radical (unpaired) electrons. The van der Waals surface area contributed by atoms with E-state index in [0.29, 0.717) is 47.2 Å². The number of piperazine rings is 1. The zero-order valence-corrected chi connectivity index (χ0v) is 28.1. The Morgan fingerprint density at radius 2 is 1.61 bits per heavy atom. The summed E-state index contributed by atoms with van der Waals surface area (Å²) < 4.78 is 0. The Morgan fingerprint density at radius 1 is 0.870 bits per heavy atom. The third-order valence-electron chi connectivity index (χ3n) is 9.61. The molecule has 3 amide bonds. The number of hydrogen-bond acceptors (Lipinski definition) is 5. The summed E-state index contributed by atoms with van der Waals surface area (Å²) >= 11 is 12.6. The standard InChI is InChI=1S/C36H41Cl2N5O3/c1-22-12-23(2)14-27(13-22)36(46)41-10-11-43(34(21-41)26-6-9-31(37)32(38)17-26)35(45)18-39-33-20-42-19-28(33)16-30(42)15-25-4-7-29(8-5-25)40-24(3)44/h4-9,12-14,17,28,30,33-34,39H,10-11,15-16,18-21H2,1-3H3,(H,40,44)/t28?,30?,33?,34-/m0/s1. The average molecular weight is 663 g/mol. The molecular weight excluding hydrogens is 621 g/mol. The second-order valence-electron chi connectivity index (χ2n) is 13.1. The minimum atomic E-state index is -0.335. The van der Waals surface area contributed by atoms with Crippen LogP contribution in [0.25, 0.3) is 0 Å². The fourth-order valence-corrected chi connectivity index (χ4v) is 7.76. The lowest BCUT2D eigenvalue weighted by atomic mass is 9.92. The van der Waals surface area contributed by atoms with Gasteiger partial charge in [-0.05, 0) is 80.1 Å². The second kappa shape index (κ2) is 13.7. The SMILES string of the molecule is CC(=O)Nc1ccc(CC2CC3CN2CC3NCC(=O)N2CCN(C(=O)c3cc(C)cc(C)c3)C[C@H]2c2ccc(Cl)c(Cl)c2)cc1. The van der Waals surface area contributed by atoms with E-state index >= 15 is 0 Å². The molecule has 3 aromatic carbocycles. The van der Waals surface area contributed by atoms with Gasteiger partial charge in [-0.1, -0.05) is 58.6 Å². The predicted octanol–water partition coefficient (Wildman–Crippen LogP) is 5.50. The van der Waals surface area contributed by atoms with Crippen molar-refractivity contribution in [3.63, 3.8) is 0 Å². The number of anilines is 1. The summed E-state index contributed by atoms with van der Waals surface area (Å²) in [5.41, 5.74) is 5.69. The second-order valence-corrected chi connectivity index (χ2v) is 13.9. The molecule has 6 rings (SSSR count). The van der Waals surface area contributed by atoms with Gasteiger partial charge in [0.15, 0.2) is 0 Å². The first-order valence-electron chi connectivity index (χ1n) is 16.0. The molecule has 0 spiro atoms. The maximum absolute atomic E-state index is 13.8. The number of carbonyl (C=O) groups is 3. The molecule has 2 bridgehead atoms. The van der Waals surface area contributed by atoms with Crippen LogP contribution in [0.5, 0.6) is 0 Å². The molecule has 3 aliphatic heterocycles. The van der Waals surface area contributed by atoms with Crippen molar-refractivity contribution in [2.75, 3.05) is 44.6 Å². The van der Waals surface area contributed by atoms with Gasteiger partial charge in [0, 0.05) is 63.0 Å². The quantitative estimate of drug-likeness (QED) is 0.333. The topological polar surface area (TPSA) is 85.0 Å². The Hall–Kier alpha value is -3.43. The van der Waals surface area contributed by atoms with Gasteiger partial charge in [-0.3, -0.25) is 19.3 Å². The van der Waals surface area contributed by atoms with Crippen LogP contribution in [-0.4, -0.2) is 83.8 Å². The van der Waals surface area contributed by atoms with Gasteiger partial charge in [0.2, 0.25) is 11.8 Å². The van der Waals surface area contributed by atoms with Gasteiger partial charge in [-0.25, -0.2) is 0 Å². The van der Waals surface area contributed by atoms with Crippen LogP contribution in [0.15, 0.2) is 60.7 Å². The van der Waals surface area contributed by atoms with Crippen molar-refractivity contribution in [3.05, 3.63) is 98.5 Å². The number of benzene rings is 3. The normalized spacial score (nSPS) is 23.9. The maximum atomic E-state index is 13.8. The summed E-state index contributed by atoms with van der Waals surface area (Å²) in [6.45, 7) is 8.97. The number of nitrogens with zero attached hydrogens (tertiary/aromatic N) is 3. The van der Waals surface area contributed by atoms with Crippen LogP contribution < -0.4 is 10.6 Å². The molecule has 0 saturated carbocycles. The van der Waals surface area contributed by atoms with Crippen LogP contribution in [0.1, 0.15) is 52.0 Å². The summed E-state index contributed by atoms with van der Waals surface area (Å²) in [6, 6.07) is 19.9. The summed E-state index contributed by atoms with van der Waals surface area (Å²) in [5, 5.41) is 7.29. The van der Waals surface area contributed by atoms with Crippen molar-refractivity contribution in [2.45, 2.75) is 51.7 Å². The number of nitrogens with one attached hydrogen (secondary N) is 2. The molecule has 46 heavy (non-hydrogen) atoms. The van der Waals surface area contributed by atoms with Crippen LogP contribution in [0, 0.1) is 19.8 Å². The monoisotopic (exact) mass is 661 g/mol. The molecule has 10 heteroatoms. The van der Waals surface area contributed by atoms with Crippen molar-refractivity contribution in [2.24, 2.45) is 5.92 Å². The molecule has 3 heterocycles. The van der Waals surface area contributed by atoms with Crippen molar-refractivity contribution in [1.29, 1.82) is 0 Å². The molecule has 8 nitrogen and oxygen atoms in total. The molecule has 4 unspecified atom stereocenters. The van der Waals surface area contributed by atoms with Gasteiger partial charge in [-0.2, -0.15) is 0 Å². The predicted molar refractivity (Wildman–Crippen MR) is 182 cm³/mol. The number of fused-ring (bicyclic) bond motifs is 2. The Kier molecular flexibility index (Phi) is 9.71. The van der Waals surface area contributed by atoms with Gasteiger partial charge >= 0.3 is 0 Å². The van der Waals surface area contributed by atoms with E-state index in [1.54, 1.807) is 6.07 Å². The number of carbonyl (C=O) groups excluding carboxylic acids is 3. The van der Waals surface area contributed by atoms with E-state index in [1.165, 1.54) is 12.5 Å². The van der Waals surface area contributed by atoms with Crippen LogP contribution in [0.3, 0.4) is 0 Å². The molecule has 2 N–H and O–H groups in total. The van der Waals surface area contributed by atoms with E-state index in [9.17, 15) is 14.4 Å². The summed E-state index contributed by atoms with van der Waals surface area (Å²) in [4.78, 5) is 45.0. The zero-order valence-electron chi connectivity index (χ0n) is 26.6. The highest BCUT2D eigenvalue weighted by Crippen LogP contribution is 2.36. The highest BCUT2D eigenvalue weighted by Gasteiger charge is 2.44. The number of amides is 3. The van der Waals surface area contributed by atoms with Gasteiger partial charge in [0.1, 0.15) is 0 Å². The molecule has 242 valence electrons. The number of piperidine rings is 1. The van der Waals surface area contributed by atoms with Gasteiger partial charge < -0.3 is 20.4 Å². The summed E-state index contributed by atoms with van der Waals surface area (Å²) in [5.74, 6) is 0.411. The smallest absolute Gasteiger partial charge is 0.254 e. The zero-order chi connectivity index (χ0) is 32.5. The van der Waals surface area contributed by atoms with Gasteiger partial charge in [0.05, 0.1) is 22.6 Å². The molecule has 3 aliphatic rings. The van der Waals surface area contributed by atoms with E-state index in [4.69, 9.17) is 23.2 Å². The molecule has 0 aliphatic carbocycles. The van der Waals surface area contributed by atoms with Crippen LogP contribution >= 0.6 is 23.2 Å². The number of hydrogen-bond donors (Lipinski definition) is 2. The van der Waals surface area contributed by atoms with Crippen LogP contribution in [-0.2, 0) is 16.0 Å². The molecule has 3 aromatic rings. The first-order chi connectivity index (χ1) is 22.0. The Labute approximate surface area is 281 Å². The van der Waals surface area contributed by atoms with Crippen molar-refractivity contribution in [3.8, 4) is 0 Å². The third-order valence-corrected chi connectivity index (χ3v) is 10.3. The highest BCUT2D eigenvalue weighted by atomic mass is 35.5. The summed E-state index contributed by atoms with van der Waals surface area (Å²) in [7, 11) is 0. The third kappa shape index (κ3) is 7.26. The lowest BCUT2D eigenvalue weighted by molar-refractivity contribution is -0.135.